The van der Waals surface area contributed by atoms with Crippen LogP contribution in [0, 0.1) is 6.92 Å². The van der Waals surface area contributed by atoms with Crippen molar-refractivity contribution >= 4 is 29.2 Å². The zero-order chi connectivity index (χ0) is 25.0. The lowest BCUT2D eigenvalue weighted by atomic mass is 9.88. The number of benzene rings is 3. The first kappa shape index (κ1) is 22.5. The predicted octanol–water partition coefficient (Wildman–Crippen LogP) is 6.38. The molecule has 2 heterocycles. The lowest BCUT2D eigenvalue weighted by molar-refractivity contribution is -0.136. The summed E-state index contributed by atoms with van der Waals surface area (Å²) >= 11 is 6.69. The van der Waals surface area contributed by atoms with Gasteiger partial charge in [0.05, 0.1) is 16.9 Å². The van der Waals surface area contributed by atoms with Crippen LogP contribution in [0.2, 0.25) is 5.02 Å². The number of carboxylic acids is 1. The summed E-state index contributed by atoms with van der Waals surface area (Å²) in [5.74, 6) is -0.891. The first-order valence-corrected chi connectivity index (χ1v) is 12.2. The summed E-state index contributed by atoms with van der Waals surface area (Å²) in [7, 11) is 0. The molecule has 178 valence electrons. The third kappa shape index (κ3) is 3.59. The van der Waals surface area contributed by atoms with Crippen LogP contribution in [0.4, 0.5) is 5.69 Å². The monoisotopic (exact) mass is 494 g/mol. The molecule has 2 N–H and O–H groups in total. The molecule has 1 amide bonds. The van der Waals surface area contributed by atoms with Gasteiger partial charge in [-0.05, 0) is 76.6 Å². The van der Waals surface area contributed by atoms with Gasteiger partial charge in [-0.3, -0.25) is 14.6 Å². The third-order valence-electron chi connectivity index (χ3n) is 7.53. The molecule has 1 saturated carbocycles. The SMILES string of the molecule is Cc1ccc(C2CC23C(=O)Nc2cc(Cl)c(-c4ccc(-c5ccncc5)cc4)cc23)cc1CC(=O)O. The maximum atomic E-state index is 13.2. The second-order valence-corrected chi connectivity index (χ2v) is 10.0. The van der Waals surface area contributed by atoms with Gasteiger partial charge in [0.2, 0.25) is 5.91 Å². The molecule has 4 aromatic rings. The number of rotatable bonds is 5. The number of fused-ring (bicyclic) bond motifs is 2. The van der Waals surface area contributed by atoms with E-state index in [9.17, 15) is 14.7 Å². The van der Waals surface area contributed by atoms with E-state index >= 15 is 0 Å². The largest absolute Gasteiger partial charge is 0.481 e. The maximum Gasteiger partial charge on any atom is 0.307 e. The molecule has 1 aliphatic carbocycles. The second kappa shape index (κ2) is 8.32. The quantitative estimate of drug-likeness (QED) is 0.337. The topological polar surface area (TPSA) is 79.3 Å². The number of hydrogen-bond acceptors (Lipinski definition) is 3. The number of hydrogen-bond donors (Lipinski definition) is 2. The number of carbonyl (C=O) groups is 2. The Labute approximate surface area is 213 Å². The number of anilines is 1. The van der Waals surface area contributed by atoms with Crippen molar-refractivity contribution < 1.29 is 14.7 Å². The average Bonchev–Trinajstić information content (AvgIpc) is 3.56. The van der Waals surface area contributed by atoms with Crippen LogP contribution in [0.15, 0.2) is 79.1 Å². The normalized spacial score (nSPS) is 19.7. The summed E-state index contributed by atoms with van der Waals surface area (Å²) in [4.78, 5) is 28.6. The zero-order valence-corrected chi connectivity index (χ0v) is 20.3. The molecule has 2 aliphatic rings. The van der Waals surface area contributed by atoms with Gasteiger partial charge >= 0.3 is 5.97 Å². The molecule has 0 saturated heterocycles. The van der Waals surface area contributed by atoms with Crippen LogP contribution in [0.25, 0.3) is 22.3 Å². The highest BCUT2D eigenvalue weighted by atomic mass is 35.5. The van der Waals surface area contributed by atoms with E-state index in [1.54, 1.807) is 12.4 Å². The molecule has 0 bridgehead atoms. The van der Waals surface area contributed by atoms with E-state index < -0.39 is 11.4 Å². The minimum atomic E-state index is -0.862. The Hall–Kier alpha value is -3.96. The molecule has 6 heteroatoms. The Balaban J connectivity index is 1.36. The first-order valence-electron chi connectivity index (χ1n) is 11.8. The van der Waals surface area contributed by atoms with Crippen molar-refractivity contribution in [2.75, 3.05) is 5.32 Å². The fourth-order valence-corrected chi connectivity index (χ4v) is 5.76. The summed E-state index contributed by atoms with van der Waals surface area (Å²) in [6, 6.07) is 21.9. The van der Waals surface area contributed by atoms with Gasteiger partial charge in [-0.15, -0.1) is 0 Å². The Bertz CT molecular complexity index is 1530. The summed E-state index contributed by atoms with van der Waals surface area (Å²) in [6.45, 7) is 1.91. The van der Waals surface area contributed by atoms with E-state index in [4.69, 9.17) is 11.6 Å². The Morgan fingerprint density at radius 1 is 1.03 bits per heavy atom. The Kier molecular flexibility index (Phi) is 5.20. The number of aryl methyl sites for hydroxylation is 1. The fraction of sp³-hybridized carbons (Fsp3) is 0.167. The van der Waals surface area contributed by atoms with Crippen LogP contribution in [-0.2, 0) is 21.4 Å². The van der Waals surface area contributed by atoms with Crippen LogP contribution in [0.3, 0.4) is 0 Å². The minimum absolute atomic E-state index is 0.00464. The summed E-state index contributed by atoms with van der Waals surface area (Å²) in [5, 5.41) is 12.9. The van der Waals surface area contributed by atoms with Crippen molar-refractivity contribution in [3.05, 3.63) is 106 Å². The molecule has 2 atom stereocenters. The van der Waals surface area contributed by atoms with E-state index in [0.29, 0.717) is 11.4 Å². The molecule has 5 nitrogen and oxygen atoms in total. The number of aromatic nitrogens is 1. The predicted molar refractivity (Wildman–Crippen MR) is 140 cm³/mol. The molecule has 2 unspecified atom stereocenters. The number of halogens is 1. The maximum absolute atomic E-state index is 13.2. The first-order chi connectivity index (χ1) is 17.4. The molecular formula is C30H23ClN2O3. The van der Waals surface area contributed by atoms with Gasteiger partial charge in [-0.2, -0.15) is 0 Å². The number of carboxylic acid groups (broad SMARTS) is 1. The molecule has 3 aromatic carbocycles. The third-order valence-corrected chi connectivity index (χ3v) is 7.84. The molecule has 0 radical (unpaired) electrons. The van der Waals surface area contributed by atoms with Gasteiger partial charge in [0, 0.05) is 29.6 Å². The van der Waals surface area contributed by atoms with Crippen molar-refractivity contribution in [1.29, 1.82) is 0 Å². The van der Waals surface area contributed by atoms with Crippen molar-refractivity contribution in [3.63, 3.8) is 0 Å². The number of carbonyl (C=O) groups excluding carboxylic acids is 1. The lowest BCUT2D eigenvalue weighted by Crippen LogP contribution is -2.21. The Morgan fingerprint density at radius 2 is 1.72 bits per heavy atom. The average molecular weight is 495 g/mol. The minimum Gasteiger partial charge on any atom is -0.481 e. The molecular weight excluding hydrogens is 472 g/mol. The van der Waals surface area contributed by atoms with Crippen LogP contribution < -0.4 is 5.32 Å². The van der Waals surface area contributed by atoms with Crippen LogP contribution in [-0.4, -0.2) is 22.0 Å². The number of nitrogens with zero attached hydrogens (tertiary/aromatic N) is 1. The van der Waals surface area contributed by atoms with Crippen LogP contribution in [0.1, 0.15) is 34.6 Å². The van der Waals surface area contributed by atoms with E-state index in [0.717, 1.165) is 50.2 Å². The Morgan fingerprint density at radius 3 is 2.44 bits per heavy atom. The highest BCUT2D eigenvalue weighted by Crippen LogP contribution is 2.65. The van der Waals surface area contributed by atoms with Gasteiger partial charge in [0.25, 0.3) is 0 Å². The van der Waals surface area contributed by atoms with Crippen LogP contribution >= 0.6 is 11.6 Å². The van der Waals surface area contributed by atoms with Gasteiger partial charge in [0.15, 0.2) is 0 Å². The van der Waals surface area contributed by atoms with E-state index in [1.165, 1.54) is 0 Å². The van der Waals surface area contributed by atoms with Gasteiger partial charge in [0.1, 0.15) is 0 Å². The standard InChI is InChI=1S/C30H23ClN2O3/c1-17-2-3-21(12-22(17)13-28(34)35)25-16-30(25)24-14-23(26(31)15-27(24)33-29(30)36)20-6-4-18(5-7-20)19-8-10-32-11-9-19/h2-12,14-15,25H,13,16H2,1H3,(H,33,36)(H,34,35). The zero-order valence-electron chi connectivity index (χ0n) is 19.6. The summed E-state index contributed by atoms with van der Waals surface area (Å²) < 4.78 is 0. The highest BCUT2D eigenvalue weighted by Gasteiger charge is 2.65. The fourth-order valence-electron chi connectivity index (χ4n) is 5.49. The molecule has 1 aliphatic heterocycles. The number of aliphatic carboxylic acids is 1. The van der Waals surface area contributed by atoms with Gasteiger partial charge in [-0.1, -0.05) is 54.1 Å². The molecule has 6 rings (SSSR count). The smallest absolute Gasteiger partial charge is 0.307 e. The lowest BCUT2D eigenvalue weighted by Gasteiger charge is -2.14. The number of nitrogens with one attached hydrogen (secondary N) is 1. The molecule has 1 fully saturated rings. The summed E-state index contributed by atoms with van der Waals surface area (Å²) in [5.41, 5.74) is 7.82. The van der Waals surface area contributed by atoms with Gasteiger partial charge < -0.3 is 10.4 Å². The second-order valence-electron chi connectivity index (χ2n) is 9.63. The molecule has 36 heavy (non-hydrogen) atoms. The molecule has 1 spiro atoms. The van der Waals surface area contributed by atoms with Crippen molar-refractivity contribution in [2.45, 2.75) is 31.1 Å². The van der Waals surface area contributed by atoms with Crippen molar-refractivity contribution in [3.8, 4) is 22.3 Å². The number of amides is 1. The number of pyridine rings is 1. The van der Waals surface area contributed by atoms with Crippen LogP contribution in [0.5, 0.6) is 0 Å². The van der Waals surface area contributed by atoms with Crippen molar-refractivity contribution in [1.82, 2.24) is 4.98 Å². The van der Waals surface area contributed by atoms with Crippen molar-refractivity contribution in [2.24, 2.45) is 0 Å². The van der Waals surface area contributed by atoms with Gasteiger partial charge in [-0.25, -0.2) is 0 Å². The molecule has 1 aromatic heterocycles. The van der Waals surface area contributed by atoms with E-state index in [1.807, 2.05) is 61.5 Å². The van der Waals surface area contributed by atoms with E-state index in [2.05, 4.69) is 22.4 Å². The van der Waals surface area contributed by atoms with E-state index in [-0.39, 0.29) is 18.2 Å². The summed E-state index contributed by atoms with van der Waals surface area (Å²) in [6.07, 6.45) is 4.20. The highest BCUT2D eigenvalue weighted by molar-refractivity contribution is 6.34.